The first-order valence-corrected chi connectivity index (χ1v) is 8.79. The van der Waals surface area contributed by atoms with Crippen LogP contribution >= 0.6 is 0 Å². The molecule has 0 aliphatic carbocycles. The highest BCUT2D eigenvalue weighted by Gasteiger charge is 2.56. The average Bonchev–Trinajstić information content (AvgIpc) is 2.76. The maximum Gasteiger partial charge on any atom is 0.411 e. The number of rotatable bonds is 3. The van der Waals surface area contributed by atoms with Crippen LogP contribution in [0.3, 0.4) is 0 Å². The third kappa shape index (κ3) is 3.73. The van der Waals surface area contributed by atoms with Gasteiger partial charge in [-0.25, -0.2) is 4.79 Å². The number of carbonyl (C=O) groups is 3. The Labute approximate surface area is 148 Å². The van der Waals surface area contributed by atoms with Gasteiger partial charge in [0.05, 0.1) is 6.10 Å². The fourth-order valence-corrected chi connectivity index (χ4v) is 3.80. The molecule has 2 aliphatic heterocycles. The second-order valence-corrected chi connectivity index (χ2v) is 7.96. The first kappa shape index (κ1) is 19.5. The molecule has 2 unspecified atom stereocenters. The third-order valence-electron chi connectivity index (χ3n) is 4.86. The molecule has 8 heteroatoms. The van der Waals surface area contributed by atoms with E-state index in [1.807, 2.05) is 0 Å². The Morgan fingerprint density at radius 3 is 2.40 bits per heavy atom. The molecule has 3 atom stereocenters. The minimum Gasteiger partial charge on any atom is -0.444 e. The fourth-order valence-electron chi connectivity index (χ4n) is 3.80. The van der Waals surface area contributed by atoms with Gasteiger partial charge in [-0.15, -0.1) is 0 Å². The van der Waals surface area contributed by atoms with Gasteiger partial charge in [-0.1, -0.05) is 0 Å². The van der Waals surface area contributed by atoms with Crippen molar-refractivity contribution < 1.29 is 24.2 Å². The van der Waals surface area contributed by atoms with Crippen molar-refractivity contribution in [3.05, 3.63) is 0 Å². The van der Waals surface area contributed by atoms with Gasteiger partial charge in [-0.2, -0.15) is 0 Å². The number of nitrogens with zero attached hydrogens (tertiary/aromatic N) is 2. The maximum atomic E-state index is 13.2. The number of likely N-dealkylation sites (tertiary alicyclic amines) is 2. The molecule has 8 nitrogen and oxygen atoms in total. The molecular weight excluding hydrogens is 326 g/mol. The minimum atomic E-state index is -1.09. The molecule has 2 aliphatic rings. The van der Waals surface area contributed by atoms with Crippen molar-refractivity contribution >= 4 is 17.9 Å². The number of nitrogens with two attached hydrogens (primary N) is 1. The Balaban J connectivity index is 2.30. The molecule has 2 fully saturated rings. The van der Waals surface area contributed by atoms with E-state index in [9.17, 15) is 19.5 Å². The second-order valence-electron chi connectivity index (χ2n) is 7.96. The quantitative estimate of drug-likeness (QED) is 0.770. The van der Waals surface area contributed by atoms with Crippen molar-refractivity contribution in [3.63, 3.8) is 0 Å². The van der Waals surface area contributed by atoms with Crippen molar-refractivity contribution in [2.24, 2.45) is 5.73 Å². The molecule has 3 N–H and O–H groups in total. The Kier molecular flexibility index (Phi) is 5.32. The predicted molar refractivity (Wildman–Crippen MR) is 90.5 cm³/mol. The van der Waals surface area contributed by atoms with Crippen LogP contribution in [-0.4, -0.2) is 69.2 Å². The Hall–Kier alpha value is -1.83. The highest BCUT2D eigenvalue weighted by Crippen LogP contribution is 2.39. The maximum absolute atomic E-state index is 13.2. The molecule has 25 heavy (non-hydrogen) atoms. The van der Waals surface area contributed by atoms with Crippen molar-refractivity contribution in [2.75, 3.05) is 13.1 Å². The van der Waals surface area contributed by atoms with Gasteiger partial charge in [-0.05, 0) is 53.4 Å². The lowest BCUT2D eigenvalue weighted by Crippen LogP contribution is -2.62. The van der Waals surface area contributed by atoms with E-state index >= 15 is 0 Å². The van der Waals surface area contributed by atoms with Crippen LogP contribution in [0.5, 0.6) is 0 Å². The summed E-state index contributed by atoms with van der Waals surface area (Å²) in [6, 6.07) is -1.09. The molecule has 0 saturated carbocycles. The average molecular weight is 355 g/mol. The zero-order valence-electron chi connectivity index (χ0n) is 15.4. The number of hydrogen-bond donors (Lipinski definition) is 2. The van der Waals surface area contributed by atoms with E-state index < -0.39 is 35.3 Å². The van der Waals surface area contributed by atoms with Gasteiger partial charge in [0.2, 0.25) is 11.8 Å². The SMILES string of the molecule is CC(O)C(C(N)=O)N1CC[C@@]2(CCCCN2C(=O)OC(C)(C)C)C1=O. The number of hydrogen-bond acceptors (Lipinski definition) is 5. The molecular formula is C17H29N3O5. The Bertz CT molecular complexity index is 557. The number of aliphatic hydroxyl groups excluding tert-OH is 1. The zero-order valence-corrected chi connectivity index (χ0v) is 15.4. The lowest BCUT2D eigenvalue weighted by atomic mass is 9.85. The van der Waals surface area contributed by atoms with Crippen LogP contribution in [0.2, 0.25) is 0 Å². The molecule has 0 bridgehead atoms. The van der Waals surface area contributed by atoms with Crippen molar-refractivity contribution in [1.29, 1.82) is 0 Å². The monoisotopic (exact) mass is 355 g/mol. The highest BCUT2D eigenvalue weighted by molar-refractivity contribution is 5.95. The summed E-state index contributed by atoms with van der Waals surface area (Å²) < 4.78 is 5.48. The van der Waals surface area contributed by atoms with Crippen LogP contribution in [0.1, 0.15) is 53.4 Å². The number of primary amides is 1. The zero-order chi connectivity index (χ0) is 19.0. The molecule has 0 aromatic carbocycles. The van der Waals surface area contributed by atoms with Crippen LogP contribution in [0.4, 0.5) is 4.79 Å². The van der Waals surface area contributed by atoms with Gasteiger partial charge in [0.25, 0.3) is 0 Å². The van der Waals surface area contributed by atoms with E-state index in [-0.39, 0.29) is 12.5 Å². The third-order valence-corrected chi connectivity index (χ3v) is 4.86. The van der Waals surface area contributed by atoms with E-state index in [0.717, 1.165) is 12.8 Å². The van der Waals surface area contributed by atoms with E-state index in [1.54, 1.807) is 20.8 Å². The minimum absolute atomic E-state index is 0.274. The molecule has 0 aromatic rings. The number of carbonyl (C=O) groups excluding carboxylic acids is 3. The first-order valence-electron chi connectivity index (χ1n) is 8.79. The first-order chi connectivity index (χ1) is 11.5. The summed E-state index contributed by atoms with van der Waals surface area (Å²) in [4.78, 5) is 40.4. The van der Waals surface area contributed by atoms with Gasteiger partial charge >= 0.3 is 6.09 Å². The van der Waals surface area contributed by atoms with Crippen LogP contribution < -0.4 is 5.73 Å². The molecule has 3 amide bonds. The van der Waals surface area contributed by atoms with Gasteiger partial charge in [0.15, 0.2) is 0 Å². The number of piperidine rings is 1. The highest BCUT2D eigenvalue weighted by atomic mass is 16.6. The smallest absolute Gasteiger partial charge is 0.411 e. The summed E-state index contributed by atoms with van der Waals surface area (Å²) in [5.74, 6) is -1.08. The number of aliphatic hydroxyl groups is 1. The van der Waals surface area contributed by atoms with E-state index in [2.05, 4.69) is 0 Å². The van der Waals surface area contributed by atoms with Gasteiger partial charge < -0.3 is 20.5 Å². The van der Waals surface area contributed by atoms with Gasteiger partial charge in [-0.3, -0.25) is 14.5 Å². The summed E-state index contributed by atoms with van der Waals surface area (Å²) in [5.41, 5.74) is 3.71. The van der Waals surface area contributed by atoms with Crippen molar-refractivity contribution in [2.45, 2.75) is 76.7 Å². The largest absolute Gasteiger partial charge is 0.444 e. The molecule has 142 valence electrons. The fraction of sp³-hybridized carbons (Fsp3) is 0.824. The summed E-state index contributed by atoms with van der Waals surface area (Å²) in [6.45, 7) is 7.48. The van der Waals surface area contributed by atoms with Crippen molar-refractivity contribution in [1.82, 2.24) is 9.80 Å². The normalized spacial score (nSPS) is 26.7. The molecule has 2 rings (SSSR count). The topological polar surface area (TPSA) is 113 Å². The van der Waals surface area contributed by atoms with Crippen LogP contribution in [0.15, 0.2) is 0 Å². The molecule has 2 heterocycles. The lowest BCUT2D eigenvalue weighted by Gasteiger charge is -2.43. The van der Waals surface area contributed by atoms with E-state index in [1.165, 1.54) is 16.7 Å². The molecule has 0 aromatic heterocycles. The summed E-state index contributed by atoms with van der Waals surface area (Å²) in [6.07, 6.45) is 0.943. The van der Waals surface area contributed by atoms with Gasteiger partial charge in [0.1, 0.15) is 17.2 Å². The van der Waals surface area contributed by atoms with Crippen LogP contribution in [0, 0.1) is 0 Å². The van der Waals surface area contributed by atoms with Crippen molar-refractivity contribution in [3.8, 4) is 0 Å². The van der Waals surface area contributed by atoms with Gasteiger partial charge in [0, 0.05) is 13.1 Å². The standard InChI is InChI=1S/C17H29N3O5/c1-11(21)12(13(18)22)19-10-8-17(14(19)23)7-5-6-9-20(17)15(24)25-16(2,3)4/h11-12,21H,5-10H2,1-4H3,(H2,18,22)/t11?,12?,17-/m0/s1. The second kappa shape index (κ2) is 6.82. The molecule has 0 radical (unpaired) electrons. The number of ether oxygens (including phenoxy) is 1. The van der Waals surface area contributed by atoms with E-state index in [0.29, 0.717) is 19.4 Å². The predicted octanol–water partition coefficient (Wildman–Crippen LogP) is 0.613. The molecule has 1 spiro atoms. The molecule has 2 saturated heterocycles. The van der Waals surface area contributed by atoms with Crippen LogP contribution in [-0.2, 0) is 14.3 Å². The Morgan fingerprint density at radius 1 is 1.24 bits per heavy atom. The number of amides is 3. The van der Waals surface area contributed by atoms with Crippen LogP contribution in [0.25, 0.3) is 0 Å². The Morgan fingerprint density at radius 2 is 1.88 bits per heavy atom. The lowest BCUT2D eigenvalue weighted by molar-refractivity contribution is -0.147. The summed E-state index contributed by atoms with van der Waals surface area (Å²) in [7, 11) is 0. The summed E-state index contributed by atoms with van der Waals surface area (Å²) in [5, 5.41) is 9.88. The van der Waals surface area contributed by atoms with E-state index in [4.69, 9.17) is 10.5 Å². The summed E-state index contributed by atoms with van der Waals surface area (Å²) >= 11 is 0.